The maximum atomic E-state index is 2.40. The van der Waals surface area contributed by atoms with Gasteiger partial charge in [-0.05, 0) is 144 Å². The third-order valence-corrected chi connectivity index (χ3v) is 13.8. The number of hydrogen-bond donors (Lipinski definition) is 0. The molecule has 68 heavy (non-hydrogen) atoms. The van der Waals surface area contributed by atoms with Gasteiger partial charge in [0.2, 0.25) is 0 Å². The molecule has 13 rings (SSSR count). The highest BCUT2D eigenvalue weighted by molar-refractivity contribution is 6.22. The summed E-state index contributed by atoms with van der Waals surface area (Å²) in [5, 5.41) is 9.88. The lowest BCUT2D eigenvalue weighted by Gasteiger charge is -2.26. The van der Waals surface area contributed by atoms with Crippen LogP contribution in [0.3, 0.4) is 0 Å². The number of benzene rings is 12. The van der Waals surface area contributed by atoms with Crippen LogP contribution in [-0.4, -0.2) is 4.57 Å². The van der Waals surface area contributed by atoms with Crippen molar-refractivity contribution in [2.24, 2.45) is 0 Å². The summed E-state index contributed by atoms with van der Waals surface area (Å²) in [5.41, 5.74) is 16.5. The fourth-order valence-corrected chi connectivity index (χ4v) is 10.7. The van der Waals surface area contributed by atoms with Crippen molar-refractivity contribution in [3.63, 3.8) is 0 Å². The molecule has 13 aromatic rings. The zero-order chi connectivity index (χ0) is 45.0. The maximum Gasteiger partial charge on any atom is 0.0542 e. The zero-order valence-electron chi connectivity index (χ0n) is 37.3. The lowest BCUT2D eigenvalue weighted by molar-refractivity contribution is 1.18. The zero-order valence-corrected chi connectivity index (χ0v) is 37.3. The highest BCUT2D eigenvalue weighted by Crippen LogP contribution is 2.47. The summed E-state index contributed by atoms with van der Waals surface area (Å²) in [6, 6.07) is 97.5. The first-order chi connectivity index (χ1) is 33.7. The van der Waals surface area contributed by atoms with Crippen molar-refractivity contribution in [3.05, 3.63) is 267 Å². The summed E-state index contributed by atoms with van der Waals surface area (Å²) in [6.07, 6.45) is 0. The summed E-state index contributed by atoms with van der Waals surface area (Å²) in [6.45, 7) is 0. The summed E-state index contributed by atoms with van der Waals surface area (Å²) >= 11 is 0. The van der Waals surface area contributed by atoms with Crippen molar-refractivity contribution in [1.82, 2.24) is 4.57 Å². The van der Waals surface area contributed by atoms with Gasteiger partial charge in [-0.15, -0.1) is 0 Å². The number of rotatable bonds is 8. The van der Waals surface area contributed by atoms with Crippen molar-refractivity contribution in [2.75, 3.05) is 4.90 Å². The van der Waals surface area contributed by atoms with Gasteiger partial charge in [-0.1, -0.05) is 200 Å². The van der Waals surface area contributed by atoms with Gasteiger partial charge in [0.1, 0.15) is 0 Å². The Hall–Kier alpha value is -8.98. The molecule has 0 saturated carbocycles. The topological polar surface area (TPSA) is 8.17 Å². The molecule has 0 unspecified atom stereocenters. The van der Waals surface area contributed by atoms with Crippen LogP contribution in [0, 0.1) is 0 Å². The van der Waals surface area contributed by atoms with Gasteiger partial charge in [0, 0.05) is 33.5 Å². The maximum absolute atomic E-state index is 2.40. The van der Waals surface area contributed by atoms with E-state index in [1.54, 1.807) is 0 Å². The van der Waals surface area contributed by atoms with Crippen LogP contribution in [0.5, 0.6) is 0 Å². The number of aromatic nitrogens is 1. The average Bonchev–Trinajstić information content (AvgIpc) is 3.75. The smallest absolute Gasteiger partial charge is 0.0542 e. The minimum absolute atomic E-state index is 1.08. The summed E-state index contributed by atoms with van der Waals surface area (Å²) < 4.78 is 2.38. The van der Waals surface area contributed by atoms with Gasteiger partial charge in [0.05, 0.1) is 11.0 Å². The second-order valence-electron chi connectivity index (χ2n) is 17.6. The molecule has 1 heterocycles. The van der Waals surface area contributed by atoms with Crippen molar-refractivity contribution < 1.29 is 0 Å². The molecule has 2 nitrogen and oxygen atoms in total. The van der Waals surface area contributed by atoms with Gasteiger partial charge in [-0.25, -0.2) is 0 Å². The highest BCUT2D eigenvalue weighted by Gasteiger charge is 2.21. The molecular formula is C66H44N2. The first kappa shape index (κ1) is 39.4. The second kappa shape index (κ2) is 16.5. The predicted molar refractivity (Wildman–Crippen MR) is 290 cm³/mol. The van der Waals surface area contributed by atoms with Gasteiger partial charge in [-0.2, -0.15) is 0 Å². The fraction of sp³-hybridized carbons (Fsp3) is 0. The van der Waals surface area contributed by atoms with Crippen LogP contribution in [0.1, 0.15) is 0 Å². The molecule has 0 aliphatic rings. The molecule has 0 bridgehead atoms. The van der Waals surface area contributed by atoms with Gasteiger partial charge in [0.15, 0.2) is 0 Å². The third kappa shape index (κ3) is 6.65. The Morgan fingerprint density at radius 1 is 0.250 bits per heavy atom. The van der Waals surface area contributed by atoms with Crippen molar-refractivity contribution >= 4 is 71.2 Å². The standard InChI is InChI=1S/C66H44N2/c1-3-18-47(19-4-1)55-23-9-10-25-57(55)66-60-28-13-11-26-58(60)65(59-27-12-14-29-61(59)66)48-35-39-53(40-36-48)67(52-37-33-46(34-38-52)50-32-31-45-17-7-8-20-49(45)43-50)54-41-42-64-62(44-54)56-24-15-16-30-63(56)68(64)51-21-5-2-6-22-51/h1-44H. The molecule has 0 saturated heterocycles. The minimum atomic E-state index is 1.08. The minimum Gasteiger partial charge on any atom is -0.310 e. The summed E-state index contributed by atoms with van der Waals surface area (Å²) in [4.78, 5) is 2.40. The van der Waals surface area contributed by atoms with Crippen molar-refractivity contribution in [1.29, 1.82) is 0 Å². The molecular weight excluding hydrogens is 821 g/mol. The van der Waals surface area contributed by atoms with Crippen LogP contribution in [0.25, 0.3) is 104 Å². The lowest BCUT2D eigenvalue weighted by Crippen LogP contribution is -2.10. The molecule has 0 fully saturated rings. The van der Waals surface area contributed by atoms with Gasteiger partial charge < -0.3 is 9.47 Å². The molecule has 318 valence electrons. The average molecular weight is 865 g/mol. The molecule has 0 aliphatic carbocycles. The fourth-order valence-electron chi connectivity index (χ4n) is 10.7. The van der Waals surface area contributed by atoms with E-state index in [1.807, 2.05) is 0 Å². The Kier molecular flexibility index (Phi) is 9.54. The largest absolute Gasteiger partial charge is 0.310 e. The normalized spacial score (nSPS) is 11.5. The molecule has 12 aromatic carbocycles. The highest BCUT2D eigenvalue weighted by atomic mass is 15.1. The van der Waals surface area contributed by atoms with Crippen LogP contribution in [-0.2, 0) is 0 Å². The van der Waals surface area contributed by atoms with E-state index in [1.165, 1.54) is 98.6 Å². The van der Waals surface area contributed by atoms with E-state index in [0.717, 1.165) is 22.7 Å². The van der Waals surface area contributed by atoms with E-state index in [4.69, 9.17) is 0 Å². The number of anilines is 3. The molecule has 2 heteroatoms. The Labute approximate surface area is 395 Å². The Morgan fingerprint density at radius 3 is 1.41 bits per heavy atom. The van der Waals surface area contributed by atoms with Gasteiger partial charge in [-0.3, -0.25) is 0 Å². The summed E-state index contributed by atoms with van der Waals surface area (Å²) in [7, 11) is 0. The SMILES string of the molecule is c1ccc(-c2ccccc2-c2c3ccccc3c(-c3ccc(N(c4ccc(-c5ccc6ccccc6c5)cc4)c4ccc5c(c4)c4ccccc4n5-c4ccccc4)cc3)c3ccccc23)cc1. The van der Waals surface area contributed by atoms with E-state index >= 15 is 0 Å². The van der Waals surface area contributed by atoms with Crippen molar-refractivity contribution in [3.8, 4) is 50.2 Å². The quantitative estimate of drug-likeness (QED) is 0.138. The Morgan fingerprint density at radius 2 is 0.735 bits per heavy atom. The first-order valence-electron chi connectivity index (χ1n) is 23.4. The molecule has 0 N–H and O–H groups in total. The molecule has 0 atom stereocenters. The lowest BCUT2D eigenvalue weighted by atomic mass is 9.84. The molecule has 0 aliphatic heterocycles. The van der Waals surface area contributed by atoms with Crippen LogP contribution in [0.15, 0.2) is 267 Å². The molecule has 0 amide bonds. The predicted octanol–water partition coefficient (Wildman–Crippen LogP) is 18.4. The van der Waals surface area contributed by atoms with E-state index in [2.05, 4.69) is 276 Å². The number of nitrogens with zero attached hydrogens (tertiary/aromatic N) is 2. The number of hydrogen-bond acceptors (Lipinski definition) is 1. The van der Waals surface area contributed by atoms with Gasteiger partial charge >= 0.3 is 0 Å². The van der Waals surface area contributed by atoms with Crippen molar-refractivity contribution in [2.45, 2.75) is 0 Å². The second-order valence-corrected chi connectivity index (χ2v) is 17.6. The van der Waals surface area contributed by atoms with Crippen LogP contribution in [0.4, 0.5) is 17.1 Å². The first-order valence-corrected chi connectivity index (χ1v) is 23.4. The Balaban J connectivity index is 0.972. The molecule has 0 spiro atoms. The van der Waals surface area contributed by atoms with Gasteiger partial charge in [0.25, 0.3) is 0 Å². The van der Waals surface area contributed by atoms with Crippen LogP contribution < -0.4 is 4.90 Å². The number of para-hydroxylation sites is 2. The molecule has 0 radical (unpaired) electrons. The monoisotopic (exact) mass is 864 g/mol. The Bertz CT molecular complexity index is 3940. The van der Waals surface area contributed by atoms with E-state index < -0.39 is 0 Å². The van der Waals surface area contributed by atoms with E-state index in [0.29, 0.717) is 0 Å². The van der Waals surface area contributed by atoms with E-state index in [-0.39, 0.29) is 0 Å². The van der Waals surface area contributed by atoms with Crippen LogP contribution >= 0.6 is 0 Å². The number of fused-ring (bicyclic) bond motifs is 6. The summed E-state index contributed by atoms with van der Waals surface area (Å²) in [5.74, 6) is 0. The van der Waals surface area contributed by atoms with Crippen LogP contribution in [0.2, 0.25) is 0 Å². The van der Waals surface area contributed by atoms with E-state index in [9.17, 15) is 0 Å². The third-order valence-electron chi connectivity index (χ3n) is 13.8. The molecule has 1 aromatic heterocycles.